The summed E-state index contributed by atoms with van der Waals surface area (Å²) in [5.41, 5.74) is 0. The Morgan fingerprint density at radius 3 is 2.94 bits per heavy atom. The molecule has 77 valence electrons. The van der Waals surface area contributed by atoms with Gasteiger partial charge in [-0.25, -0.2) is 0 Å². The molecule has 0 fully saturated rings. The summed E-state index contributed by atoms with van der Waals surface area (Å²) in [6, 6.07) is 15.1. The number of hydrogen-bond donors (Lipinski definition) is 0. The first-order chi connectivity index (χ1) is 7.92. The number of aromatic nitrogens is 2. The number of ether oxygens (including phenoxy) is 1. The van der Waals surface area contributed by atoms with Gasteiger partial charge < -0.3 is 4.74 Å². The van der Waals surface area contributed by atoms with Crippen molar-refractivity contribution in [1.29, 1.82) is 0 Å². The maximum atomic E-state index is 5.51. The molecule has 0 saturated heterocycles. The summed E-state index contributed by atoms with van der Waals surface area (Å²) >= 11 is 1.26. The van der Waals surface area contributed by atoms with E-state index in [1.807, 2.05) is 36.4 Å². The fraction of sp³-hybridized carbons (Fsp3) is 0. The number of benzene rings is 2. The van der Waals surface area contributed by atoms with Crippen LogP contribution < -0.4 is 4.74 Å². The SMILES string of the molecule is [c]1c(Oc2csnn2)ccc2ccccc12. The summed E-state index contributed by atoms with van der Waals surface area (Å²) in [5, 5.41) is 7.75. The van der Waals surface area contributed by atoms with Gasteiger partial charge in [-0.15, -0.1) is 0 Å². The van der Waals surface area contributed by atoms with Crippen molar-refractivity contribution < 1.29 is 4.74 Å². The third kappa shape index (κ3) is 1.75. The molecule has 0 N–H and O–H groups in total. The molecule has 1 heterocycles. The minimum atomic E-state index is 0.511. The first kappa shape index (κ1) is 9.30. The quantitative estimate of drug-likeness (QED) is 0.673. The van der Waals surface area contributed by atoms with Crippen molar-refractivity contribution in [3.63, 3.8) is 0 Å². The van der Waals surface area contributed by atoms with Gasteiger partial charge >= 0.3 is 0 Å². The fourth-order valence-electron chi connectivity index (χ4n) is 1.47. The normalized spacial score (nSPS) is 10.5. The van der Waals surface area contributed by atoms with Gasteiger partial charge in [0.05, 0.1) is 5.38 Å². The Hall–Kier alpha value is -1.94. The van der Waals surface area contributed by atoms with Crippen LogP contribution in [0.25, 0.3) is 10.8 Å². The highest BCUT2D eigenvalue weighted by molar-refractivity contribution is 7.03. The molecular formula is C12H7N2OS. The number of hydrogen-bond acceptors (Lipinski definition) is 4. The minimum absolute atomic E-state index is 0.511. The predicted molar refractivity (Wildman–Crippen MR) is 62.8 cm³/mol. The van der Waals surface area contributed by atoms with Crippen LogP contribution in [-0.4, -0.2) is 9.59 Å². The molecule has 3 rings (SSSR count). The molecule has 1 aromatic heterocycles. The maximum absolute atomic E-state index is 5.51. The van der Waals surface area contributed by atoms with Gasteiger partial charge in [-0.3, -0.25) is 0 Å². The van der Waals surface area contributed by atoms with E-state index in [0.717, 1.165) is 10.8 Å². The van der Waals surface area contributed by atoms with Gasteiger partial charge in [-0.1, -0.05) is 39.9 Å². The van der Waals surface area contributed by atoms with E-state index in [4.69, 9.17) is 4.74 Å². The van der Waals surface area contributed by atoms with Crippen molar-refractivity contribution in [3.8, 4) is 11.6 Å². The summed E-state index contributed by atoms with van der Waals surface area (Å²) in [7, 11) is 0. The lowest BCUT2D eigenvalue weighted by molar-refractivity contribution is 0.461. The van der Waals surface area contributed by atoms with Crippen molar-refractivity contribution >= 4 is 22.3 Å². The van der Waals surface area contributed by atoms with Crippen LogP contribution in [0.2, 0.25) is 0 Å². The molecule has 0 spiro atoms. The summed E-state index contributed by atoms with van der Waals surface area (Å²) < 4.78 is 9.24. The Labute approximate surface area is 96.5 Å². The van der Waals surface area contributed by atoms with Crippen LogP contribution in [0.4, 0.5) is 0 Å². The molecule has 0 aliphatic heterocycles. The molecule has 1 radical (unpaired) electrons. The van der Waals surface area contributed by atoms with Crippen LogP contribution in [0.3, 0.4) is 0 Å². The third-order valence-corrected chi connectivity index (χ3v) is 2.67. The van der Waals surface area contributed by atoms with Crippen molar-refractivity contribution in [1.82, 2.24) is 9.59 Å². The van der Waals surface area contributed by atoms with Crippen LogP contribution >= 0.6 is 11.5 Å². The Morgan fingerprint density at radius 1 is 1.12 bits per heavy atom. The summed E-state index contributed by atoms with van der Waals surface area (Å²) in [5.74, 6) is 1.17. The predicted octanol–water partition coefficient (Wildman–Crippen LogP) is 3.28. The van der Waals surface area contributed by atoms with Crippen molar-refractivity contribution in [2.24, 2.45) is 0 Å². The van der Waals surface area contributed by atoms with Gasteiger partial charge in [-0.05, 0) is 28.4 Å². The highest BCUT2D eigenvalue weighted by Crippen LogP contribution is 2.23. The summed E-state index contributed by atoms with van der Waals surface area (Å²) in [6.45, 7) is 0. The molecule has 0 aliphatic carbocycles. The molecule has 0 saturated carbocycles. The molecule has 16 heavy (non-hydrogen) atoms. The molecule has 3 aromatic rings. The van der Waals surface area contributed by atoms with E-state index in [9.17, 15) is 0 Å². The standard InChI is InChI=1S/C12H7N2OS/c1-2-4-10-7-11(6-5-9(10)3-1)15-12-8-16-14-13-12/h1-6,8H. The van der Waals surface area contributed by atoms with E-state index >= 15 is 0 Å². The second kappa shape index (κ2) is 3.90. The van der Waals surface area contributed by atoms with Crippen LogP contribution in [0.15, 0.2) is 41.8 Å². The third-order valence-electron chi connectivity index (χ3n) is 2.19. The highest BCUT2D eigenvalue weighted by Gasteiger charge is 2.01. The van der Waals surface area contributed by atoms with Gasteiger partial charge in [0.25, 0.3) is 5.88 Å². The van der Waals surface area contributed by atoms with Gasteiger partial charge in [0.15, 0.2) is 0 Å². The smallest absolute Gasteiger partial charge is 0.251 e. The zero-order valence-electron chi connectivity index (χ0n) is 8.25. The first-order valence-electron chi connectivity index (χ1n) is 4.78. The van der Waals surface area contributed by atoms with Crippen molar-refractivity contribution in [3.05, 3.63) is 47.8 Å². The molecule has 4 heteroatoms. The van der Waals surface area contributed by atoms with E-state index < -0.39 is 0 Å². The number of rotatable bonds is 2. The summed E-state index contributed by atoms with van der Waals surface area (Å²) in [4.78, 5) is 0. The average molecular weight is 227 g/mol. The van der Waals surface area contributed by atoms with E-state index in [0.29, 0.717) is 11.6 Å². The van der Waals surface area contributed by atoms with Crippen LogP contribution in [0.5, 0.6) is 11.6 Å². The Kier molecular flexibility index (Phi) is 2.27. The lowest BCUT2D eigenvalue weighted by atomic mass is 10.1. The molecule has 0 bridgehead atoms. The fourth-order valence-corrected chi connectivity index (χ4v) is 1.83. The lowest BCUT2D eigenvalue weighted by Gasteiger charge is -2.02. The van der Waals surface area contributed by atoms with E-state index in [-0.39, 0.29) is 0 Å². The first-order valence-corrected chi connectivity index (χ1v) is 5.61. The van der Waals surface area contributed by atoms with E-state index in [1.54, 1.807) is 5.38 Å². The lowest BCUT2D eigenvalue weighted by Crippen LogP contribution is -1.84. The van der Waals surface area contributed by atoms with Gasteiger partial charge in [-0.2, -0.15) is 0 Å². The Balaban J connectivity index is 1.99. The van der Waals surface area contributed by atoms with Crippen LogP contribution in [-0.2, 0) is 0 Å². The second-order valence-electron chi connectivity index (χ2n) is 3.26. The van der Waals surface area contributed by atoms with Gasteiger partial charge in [0, 0.05) is 6.07 Å². The van der Waals surface area contributed by atoms with Crippen molar-refractivity contribution in [2.75, 3.05) is 0 Å². The monoisotopic (exact) mass is 227 g/mol. The highest BCUT2D eigenvalue weighted by atomic mass is 32.1. The van der Waals surface area contributed by atoms with Crippen LogP contribution in [0, 0.1) is 6.07 Å². The molecule has 0 aliphatic rings. The maximum Gasteiger partial charge on any atom is 0.251 e. The van der Waals surface area contributed by atoms with Crippen molar-refractivity contribution in [2.45, 2.75) is 0 Å². The molecule has 0 amide bonds. The van der Waals surface area contributed by atoms with Gasteiger partial charge in [0.1, 0.15) is 5.75 Å². The minimum Gasteiger partial charge on any atom is -0.436 e. The van der Waals surface area contributed by atoms with E-state index in [1.165, 1.54) is 11.5 Å². The largest absolute Gasteiger partial charge is 0.436 e. The number of fused-ring (bicyclic) bond motifs is 1. The van der Waals surface area contributed by atoms with E-state index in [2.05, 4.69) is 15.7 Å². The molecule has 2 aromatic carbocycles. The molecule has 0 unspecified atom stereocenters. The average Bonchev–Trinajstić information content (AvgIpc) is 2.82. The molecular weight excluding hydrogens is 220 g/mol. The zero-order valence-corrected chi connectivity index (χ0v) is 9.07. The second-order valence-corrected chi connectivity index (χ2v) is 3.86. The zero-order chi connectivity index (χ0) is 10.8. The Morgan fingerprint density at radius 2 is 2.06 bits per heavy atom. The molecule has 0 atom stereocenters. The number of nitrogens with zero attached hydrogens (tertiary/aromatic N) is 2. The Bertz CT molecular complexity index is 607. The van der Waals surface area contributed by atoms with Gasteiger partial charge in [0.2, 0.25) is 0 Å². The van der Waals surface area contributed by atoms with Crippen LogP contribution in [0.1, 0.15) is 0 Å². The molecule has 3 nitrogen and oxygen atoms in total. The topological polar surface area (TPSA) is 35.0 Å². The summed E-state index contributed by atoms with van der Waals surface area (Å²) in [6.07, 6.45) is 0.